The predicted molar refractivity (Wildman–Crippen MR) is 76.1 cm³/mol. The van der Waals surface area contributed by atoms with E-state index in [1.54, 1.807) is 0 Å². The summed E-state index contributed by atoms with van der Waals surface area (Å²) in [6, 6.07) is 16.3. The van der Waals surface area contributed by atoms with Gasteiger partial charge in [-0.25, -0.2) is 0 Å². The van der Waals surface area contributed by atoms with Gasteiger partial charge in [0.2, 0.25) is 0 Å². The Morgan fingerprint density at radius 1 is 0.889 bits per heavy atom. The van der Waals surface area contributed by atoms with Crippen molar-refractivity contribution in [2.24, 2.45) is 0 Å². The molecule has 0 fully saturated rings. The molecule has 18 heavy (non-hydrogen) atoms. The maximum atomic E-state index is 10.4. The van der Waals surface area contributed by atoms with Crippen molar-refractivity contribution < 1.29 is 5.11 Å². The third-order valence-electron chi connectivity index (χ3n) is 3.16. The summed E-state index contributed by atoms with van der Waals surface area (Å²) in [5, 5.41) is 10.4. The standard InChI is InChI=1S/C17H20O/c1-17(2,3)15-11-7-10-14(16(15)18)12-13-8-5-4-6-9-13/h4-11,18H,12H2,1-3H3. The van der Waals surface area contributed by atoms with Gasteiger partial charge in [-0.3, -0.25) is 0 Å². The molecule has 0 aromatic heterocycles. The van der Waals surface area contributed by atoms with Crippen LogP contribution in [0.4, 0.5) is 0 Å². The second-order valence-corrected chi connectivity index (χ2v) is 5.73. The van der Waals surface area contributed by atoms with Gasteiger partial charge in [0.15, 0.2) is 0 Å². The first kappa shape index (κ1) is 12.7. The third-order valence-corrected chi connectivity index (χ3v) is 3.16. The van der Waals surface area contributed by atoms with Gasteiger partial charge in [-0.15, -0.1) is 0 Å². The van der Waals surface area contributed by atoms with Crippen LogP contribution < -0.4 is 0 Å². The number of phenolic OH excluding ortho intramolecular Hbond substituents is 1. The lowest BCUT2D eigenvalue weighted by Gasteiger charge is -2.22. The zero-order chi connectivity index (χ0) is 13.2. The molecule has 0 saturated carbocycles. The van der Waals surface area contributed by atoms with Crippen LogP contribution >= 0.6 is 0 Å². The summed E-state index contributed by atoms with van der Waals surface area (Å²) in [6.07, 6.45) is 0.774. The normalized spacial score (nSPS) is 11.5. The SMILES string of the molecule is CC(C)(C)c1cccc(Cc2ccccc2)c1O. The summed E-state index contributed by atoms with van der Waals surface area (Å²) in [6.45, 7) is 6.36. The van der Waals surface area contributed by atoms with Crippen LogP contribution in [0.5, 0.6) is 5.75 Å². The molecular weight excluding hydrogens is 220 g/mol. The topological polar surface area (TPSA) is 20.2 Å². The molecular formula is C17H20O. The number of hydrogen-bond donors (Lipinski definition) is 1. The highest BCUT2D eigenvalue weighted by Gasteiger charge is 2.19. The van der Waals surface area contributed by atoms with Crippen LogP contribution in [0.2, 0.25) is 0 Å². The molecule has 0 amide bonds. The molecule has 2 rings (SSSR count). The number of aromatic hydroxyl groups is 1. The number of hydrogen-bond acceptors (Lipinski definition) is 1. The lowest BCUT2D eigenvalue weighted by Crippen LogP contribution is -2.12. The van der Waals surface area contributed by atoms with Crippen LogP contribution in [0, 0.1) is 0 Å². The molecule has 1 N–H and O–H groups in total. The van der Waals surface area contributed by atoms with Gasteiger partial charge in [-0.2, -0.15) is 0 Å². The van der Waals surface area contributed by atoms with E-state index in [0.29, 0.717) is 5.75 Å². The predicted octanol–water partition coefficient (Wildman–Crippen LogP) is 4.28. The largest absolute Gasteiger partial charge is 0.507 e. The van der Waals surface area contributed by atoms with Gasteiger partial charge in [0.05, 0.1) is 0 Å². The summed E-state index contributed by atoms with van der Waals surface area (Å²) in [4.78, 5) is 0. The summed E-state index contributed by atoms with van der Waals surface area (Å²) < 4.78 is 0. The van der Waals surface area contributed by atoms with Crippen molar-refractivity contribution in [3.63, 3.8) is 0 Å². The Morgan fingerprint density at radius 2 is 1.56 bits per heavy atom. The van der Waals surface area contributed by atoms with Crippen molar-refractivity contribution in [2.75, 3.05) is 0 Å². The minimum atomic E-state index is -0.0310. The minimum absolute atomic E-state index is 0.0310. The molecule has 0 radical (unpaired) electrons. The molecule has 2 aromatic rings. The molecule has 0 aliphatic heterocycles. The first-order chi connectivity index (χ1) is 8.48. The molecule has 2 aromatic carbocycles. The first-order valence-corrected chi connectivity index (χ1v) is 6.34. The van der Waals surface area contributed by atoms with Crippen LogP contribution in [-0.2, 0) is 11.8 Å². The molecule has 0 bridgehead atoms. The number of phenols is 1. The lowest BCUT2D eigenvalue weighted by molar-refractivity contribution is 0.441. The van der Waals surface area contributed by atoms with Gasteiger partial charge >= 0.3 is 0 Å². The molecule has 0 heterocycles. The summed E-state index contributed by atoms with van der Waals surface area (Å²) in [7, 11) is 0. The summed E-state index contributed by atoms with van der Waals surface area (Å²) in [5.41, 5.74) is 3.19. The monoisotopic (exact) mass is 240 g/mol. The van der Waals surface area contributed by atoms with E-state index in [9.17, 15) is 5.11 Å². The molecule has 1 heteroatoms. The van der Waals surface area contributed by atoms with Crippen molar-refractivity contribution in [3.8, 4) is 5.75 Å². The molecule has 0 aliphatic carbocycles. The third kappa shape index (κ3) is 2.73. The molecule has 0 unspecified atom stereocenters. The van der Waals surface area contributed by atoms with Crippen LogP contribution in [-0.4, -0.2) is 5.11 Å². The molecule has 0 spiro atoms. The van der Waals surface area contributed by atoms with Crippen molar-refractivity contribution in [1.82, 2.24) is 0 Å². The maximum Gasteiger partial charge on any atom is 0.122 e. The zero-order valence-electron chi connectivity index (χ0n) is 11.3. The summed E-state index contributed by atoms with van der Waals surface area (Å²) in [5.74, 6) is 0.439. The Labute approximate surface area is 109 Å². The Hall–Kier alpha value is -1.76. The van der Waals surface area contributed by atoms with Gasteiger partial charge in [0.1, 0.15) is 5.75 Å². The zero-order valence-corrected chi connectivity index (χ0v) is 11.3. The van der Waals surface area contributed by atoms with Crippen LogP contribution in [0.25, 0.3) is 0 Å². The number of para-hydroxylation sites is 1. The number of rotatable bonds is 2. The van der Waals surface area contributed by atoms with E-state index >= 15 is 0 Å². The minimum Gasteiger partial charge on any atom is -0.507 e. The Kier molecular flexibility index (Phi) is 3.42. The molecule has 0 atom stereocenters. The molecule has 0 saturated heterocycles. The fourth-order valence-corrected chi connectivity index (χ4v) is 2.15. The van der Waals surface area contributed by atoms with E-state index in [1.807, 2.05) is 36.4 Å². The highest BCUT2D eigenvalue weighted by atomic mass is 16.3. The van der Waals surface area contributed by atoms with Crippen LogP contribution in [0.1, 0.15) is 37.5 Å². The van der Waals surface area contributed by atoms with Gasteiger partial charge in [0.25, 0.3) is 0 Å². The maximum absolute atomic E-state index is 10.4. The Bertz CT molecular complexity index is 521. The fourth-order valence-electron chi connectivity index (χ4n) is 2.15. The van der Waals surface area contributed by atoms with Crippen molar-refractivity contribution >= 4 is 0 Å². The van der Waals surface area contributed by atoms with Gasteiger partial charge in [0, 0.05) is 6.42 Å². The average Bonchev–Trinajstić information content (AvgIpc) is 2.32. The smallest absolute Gasteiger partial charge is 0.122 e. The molecule has 94 valence electrons. The second-order valence-electron chi connectivity index (χ2n) is 5.73. The van der Waals surface area contributed by atoms with E-state index in [-0.39, 0.29) is 5.41 Å². The highest BCUT2D eigenvalue weighted by Crippen LogP contribution is 2.33. The van der Waals surface area contributed by atoms with Crippen LogP contribution in [0.15, 0.2) is 48.5 Å². The van der Waals surface area contributed by atoms with Gasteiger partial charge in [-0.05, 0) is 22.1 Å². The van der Waals surface area contributed by atoms with Gasteiger partial charge in [-0.1, -0.05) is 69.3 Å². The lowest BCUT2D eigenvalue weighted by atomic mass is 9.84. The fraction of sp³-hybridized carbons (Fsp3) is 0.294. The highest BCUT2D eigenvalue weighted by molar-refractivity contribution is 5.45. The second kappa shape index (κ2) is 4.85. The average molecular weight is 240 g/mol. The van der Waals surface area contributed by atoms with Crippen molar-refractivity contribution in [3.05, 3.63) is 65.2 Å². The number of benzene rings is 2. The van der Waals surface area contributed by atoms with E-state index in [4.69, 9.17) is 0 Å². The Balaban J connectivity index is 2.36. The van der Waals surface area contributed by atoms with E-state index in [0.717, 1.165) is 17.5 Å². The molecule has 0 aliphatic rings. The quantitative estimate of drug-likeness (QED) is 0.830. The van der Waals surface area contributed by atoms with E-state index in [1.165, 1.54) is 5.56 Å². The summed E-state index contributed by atoms with van der Waals surface area (Å²) >= 11 is 0. The van der Waals surface area contributed by atoms with Crippen molar-refractivity contribution in [1.29, 1.82) is 0 Å². The van der Waals surface area contributed by atoms with Gasteiger partial charge < -0.3 is 5.11 Å². The first-order valence-electron chi connectivity index (χ1n) is 6.34. The van der Waals surface area contributed by atoms with E-state index < -0.39 is 0 Å². The van der Waals surface area contributed by atoms with Crippen LogP contribution in [0.3, 0.4) is 0 Å². The molecule has 1 nitrogen and oxygen atoms in total. The van der Waals surface area contributed by atoms with E-state index in [2.05, 4.69) is 32.9 Å². The van der Waals surface area contributed by atoms with Crippen molar-refractivity contribution in [2.45, 2.75) is 32.6 Å². The Morgan fingerprint density at radius 3 is 2.17 bits per heavy atom.